The maximum absolute atomic E-state index is 12.9. The highest BCUT2D eigenvalue weighted by molar-refractivity contribution is 5.94. The molecule has 5 heteroatoms. The number of rotatable bonds is 2. The molecule has 3 heterocycles. The van der Waals surface area contributed by atoms with Crippen molar-refractivity contribution in [3.8, 4) is 11.3 Å². The van der Waals surface area contributed by atoms with Crippen LogP contribution < -0.4 is 5.56 Å². The zero-order valence-electron chi connectivity index (χ0n) is 14.2. The van der Waals surface area contributed by atoms with E-state index in [0.29, 0.717) is 13.1 Å². The zero-order valence-corrected chi connectivity index (χ0v) is 14.2. The summed E-state index contributed by atoms with van der Waals surface area (Å²) in [6.45, 7) is 2.89. The van der Waals surface area contributed by atoms with Gasteiger partial charge in [0.1, 0.15) is 5.56 Å². The number of nitrogens with zero attached hydrogens (tertiary/aromatic N) is 1. The summed E-state index contributed by atoms with van der Waals surface area (Å²) in [5.41, 5.74) is 1.63. The first kappa shape index (κ1) is 16.1. The number of H-pyrrole nitrogens is 1. The Labute approximate surface area is 146 Å². The Kier molecular flexibility index (Phi) is 4.17. The second-order valence-corrected chi connectivity index (χ2v) is 7.11. The highest BCUT2D eigenvalue weighted by atomic mass is 16.5. The van der Waals surface area contributed by atoms with Crippen molar-refractivity contribution in [3.63, 3.8) is 0 Å². The zero-order chi connectivity index (χ0) is 17.3. The number of pyridine rings is 1. The molecule has 25 heavy (non-hydrogen) atoms. The van der Waals surface area contributed by atoms with Crippen molar-refractivity contribution in [1.29, 1.82) is 0 Å². The molecule has 4 rings (SSSR count). The predicted octanol–water partition coefficient (Wildman–Crippen LogP) is 2.68. The maximum atomic E-state index is 12.9. The number of likely N-dealkylation sites (tertiary alicyclic amines) is 1. The second-order valence-electron chi connectivity index (χ2n) is 7.11. The number of piperidine rings is 1. The van der Waals surface area contributed by atoms with Gasteiger partial charge in [0.15, 0.2) is 0 Å². The second kappa shape index (κ2) is 6.48. The highest BCUT2D eigenvalue weighted by Gasteiger charge is 2.40. The molecule has 1 aromatic carbocycles. The molecule has 130 valence electrons. The Hall–Kier alpha value is -2.40. The molecule has 1 N–H and O–H groups in total. The number of hydrogen-bond acceptors (Lipinski definition) is 3. The molecule has 2 saturated heterocycles. The van der Waals surface area contributed by atoms with Gasteiger partial charge < -0.3 is 14.6 Å². The van der Waals surface area contributed by atoms with Crippen LogP contribution >= 0.6 is 0 Å². The van der Waals surface area contributed by atoms with E-state index < -0.39 is 0 Å². The monoisotopic (exact) mass is 338 g/mol. The van der Waals surface area contributed by atoms with Gasteiger partial charge in [-0.15, -0.1) is 0 Å². The Morgan fingerprint density at radius 2 is 1.96 bits per heavy atom. The summed E-state index contributed by atoms with van der Waals surface area (Å²) in [4.78, 5) is 30.0. The van der Waals surface area contributed by atoms with Gasteiger partial charge in [-0.05, 0) is 37.0 Å². The van der Waals surface area contributed by atoms with Crippen LogP contribution in [0.15, 0.2) is 47.3 Å². The maximum Gasteiger partial charge on any atom is 0.261 e. The van der Waals surface area contributed by atoms with Crippen LogP contribution in [-0.2, 0) is 4.74 Å². The SMILES string of the molecule is O=C(c1ccc(-c2ccccc2)[nH]c1=O)N1CCCC2(CCOC2)C1. The largest absolute Gasteiger partial charge is 0.381 e. The van der Waals surface area contributed by atoms with Gasteiger partial charge in [-0.3, -0.25) is 9.59 Å². The minimum Gasteiger partial charge on any atom is -0.381 e. The minimum atomic E-state index is -0.325. The first-order chi connectivity index (χ1) is 12.2. The van der Waals surface area contributed by atoms with Crippen LogP contribution in [0.1, 0.15) is 29.6 Å². The Morgan fingerprint density at radius 3 is 2.68 bits per heavy atom. The summed E-state index contributed by atoms with van der Waals surface area (Å²) in [6.07, 6.45) is 3.06. The lowest BCUT2D eigenvalue weighted by Crippen LogP contribution is -2.47. The quantitative estimate of drug-likeness (QED) is 0.916. The number of carbonyl (C=O) groups excluding carboxylic acids is 1. The molecule has 2 aromatic rings. The molecule has 1 spiro atoms. The van der Waals surface area contributed by atoms with Gasteiger partial charge in [-0.2, -0.15) is 0 Å². The lowest BCUT2D eigenvalue weighted by Gasteiger charge is -2.39. The van der Waals surface area contributed by atoms with Crippen LogP contribution in [-0.4, -0.2) is 42.1 Å². The molecule has 0 bridgehead atoms. The van der Waals surface area contributed by atoms with Gasteiger partial charge in [0.2, 0.25) is 0 Å². The number of hydrogen-bond donors (Lipinski definition) is 1. The third kappa shape index (κ3) is 3.12. The van der Waals surface area contributed by atoms with Crippen molar-refractivity contribution in [2.75, 3.05) is 26.3 Å². The van der Waals surface area contributed by atoms with E-state index in [2.05, 4.69) is 4.98 Å². The van der Waals surface area contributed by atoms with Gasteiger partial charge >= 0.3 is 0 Å². The fourth-order valence-corrected chi connectivity index (χ4v) is 3.95. The highest BCUT2D eigenvalue weighted by Crippen LogP contribution is 2.37. The molecular weight excluding hydrogens is 316 g/mol. The summed E-state index contributed by atoms with van der Waals surface area (Å²) < 4.78 is 5.55. The first-order valence-electron chi connectivity index (χ1n) is 8.83. The topological polar surface area (TPSA) is 62.4 Å². The number of carbonyl (C=O) groups is 1. The first-order valence-corrected chi connectivity index (χ1v) is 8.83. The normalized spacial score (nSPS) is 23.1. The summed E-state index contributed by atoms with van der Waals surface area (Å²) in [5.74, 6) is -0.174. The standard InChI is InChI=1S/C20H22N2O3/c23-18-16(7-8-17(21-18)15-5-2-1-3-6-15)19(24)22-11-4-9-20(13-22)10-12-25-14-20/h1-3,5-8H,4,9-14H2,(H,21,23). The number of benzene rings is 1. The number of nitrogens with one attached hydrogen (secondary N) is 1. The summed E-state index contributed by atoms with van der Waals surface area (Å²) >= 11 is 0. The van der Waals surface area contributed by atoms with Crippen LogP contribution in [0.25, 0.3) is 11.3 Å². The molecule has 1 aromatic heterocycles. The van der Waals surface area contributed by atoms with Gasteiger partial charge in [0.05, 0.1) is 6.61 Å². The third-order valence-corrected chi connectivity index (χ3v) is 5.36. The Balaban J connectivity index is 1.57. The molecule has 1 unspecified atom stereocenters. The van der Waals surface area contributed by atoms with E-state index in [1.165, 1.54) is 0 Å². The molecule has 2 fully saturated rings. The van der Waals surface area contributed by atoms with Crippen molar-refractivity contribution in [1.82, 2.24) is 9.88 Å². The average molecular weight is 338 g/mol. The molecule has 0 radical (unpaired) electrons. The van der Waals surface area contributed by atoms with Crippen LogP contribution in [0.3, 0.4) is 0 Å². The molecule has 2 aliphatic rings. The van der Waals surface area contributed by atoms with Crippen molar-refractivity contribution in [2.24, 2.45) is 5.41 Å². The van der Waals surface area contributed by atoms with E-state index in [-0.39, 0.29) is 22.4 Å². The van der Waals surface area contributed by atoms with E-state index in [1.54, 1.807) is 6.07 Å². The molecule has 2 aliphatic heterocycles. The van der Waals surface area contributed by atoms with Gasteiger partial charge in [-0.1, -0.05) is 30.3 Å². The van der Waals surface area contributed by atoms with Crippen molar-refractivity contribution < 1.29 is 9.53 Å². The molecule has 0 aliphatic carbocycles. The summed E-state index contributed by atoms with van der Waals surface area (Å²) in [6, 6.07) is 13.1. The number of amides is 1. The van der Waals surface area contributed by atoms with Gasteiger partial charge in [0.25, 0.3) is 11.5 Å². The fourth-order valence-electron chi connectivity index (χ4n) is 3.95. The number of aromatic amines is 1. The predicted molar refractivity (Wildman–Crippen MR) is 95.5 cm³/mol. The van der Waals surface area contributed by atoms with Crippen molar-refractivity contribution in [2.45, 2.75) is 19.3 Å². The van der Waals surface area contributed by atoms with E-state index in [1.807, 2.05) is 41.3 Å². The lowest BCUT2D eigenvalue weighted by atomic mass is 9.79. The van der Waals surface area contributed by atoms with Gasteiger partial charge in [0, 0.05) is 30.8 Å². The molecular formula is C20H22N2O3. The molecule has 5 nitrogen and oxygen atoms in total. The van der Waals surface area contributed by atoms with Crippen LogP contribution in [0.2, 0.25) is 0 Å². The van der Waals surface area contributed by atoms with E-state index in [4.69, 9.17) is 4.74 Å². The number of aromatic nitrogens is 1. The smallest absolute Gasteiger partial charge is 0.261 e. The Morgan fingerprint density at radius 1 is 1.12 bits per heavy atom. The van der Waals surface area contributed by atoms with Crippen molar-refractivity contribution in [3.05, 3.63) is 58.4 Å². The van der Waals surface area contributed by atoms with E-state index in [0.717, 1.165) is 43.7 Å². The van der Waals surface area contributed by atoms with Crippen LogP contribution in [0.4, 0.5) is 0 Å². The fraction of sp³-hybridized carbons (Fsp3) is 0.400. The molecule has 0 saturated carbocycles. The van der Waals surface area contributed by atoms with E-state index >= 15 is 0 Å². The third-order valence-electron chi connectivity index (χ3n) is 5.36. The number of ether oxygens (including phenoxy) is 1. The summed E-state index contributed by atoms with van der Waals surface area (Å²) in [5, 5.41) is 0. The average Bonchev–Trinajstić information content (AvgIpc) is 3.09. The Bertz CT molecular complexity index is 822. The summed E-state index contributed by atoms with van der Waals surface area (Å²) in [7, 11) is 0. The molecule has 1 atom stereocenters. The van der Waals surface area contributed by atoms with Crippen LogP contribution in [0.5, 0.6) is 0 Å². The van der Waals surface area contributed by atoms with Gasteiger partial charge in [-0.25, -0.2) is 0 Å². The lowest BCUT2D eigenvalue weighted by molar-refractivity contribution is 0.0461. The molecule has 1 amide bonds. The van der Waals surface area contributed by atoms with Crippen molar-refractivity contribution >= 4 is 5.91 Å². The van der Waals surface area contributed by atoms with Crippen LogP contribution in [0, 0.1) is 5.41 Å². The minimum absolute atomic E-state index is 0.0879. The van der Waals surface area contributed by atoms with E-state index in [9.17, 15) is 9.59 Å².